The van der Waals surface area contributed by atoms with E-state index in [1.165, 1.54) is 5.56 Å². The lowest BCUT2D eigenvalue weighted by atomic mass is 10.1. The summed E-state index contributed by atoms with van der Waals surface area (Å²) < 4.78 is 0. The highest BCUT2D eigenvalue weighted by Gasteiger charge is 2.04. The second-order valence-electron chi connectivity index (χ2n) is 4.21. The Hall–Kier alpha value is -1.57. The topological polar surface area (TPSA) is 28.7 Å². The van der Waals surface area contributed by atoms with E-state index in [0.29, 0.717) is 5.92 Å². The summed E-state index contributed by atoms with van der Waals surface area (Å²) in [6.45, 7) is 4.40. The van der Waals surface area contributed by atoms with Gasteiger partial charge in [-0.2, -0.15) is 0 Å². The van der Waals surface area contributed by atoms with Crippen LogP contribution in [0.3, 0.4) is 0 Å². The molecule has 2 nitrogen and oxygen atoms in total. The van der Waals surface area contributed by atoms with Gasteiger partial charge < -0.3 is 4.98 Å². The van der Waals surface area contributed by atoms with Crippen LogP contribution in [0.1, 0.15) is 19.7 Å². The van der Waals surface area contributed by atoms with Crippen LogP contribution in [0.5, 0.6) is 0 Å². The zero-order chi connectivity index (χ0) is 10.7. The minimum atomic E-state index is 0.639. The molecule has 0 fully saturated rings. The number of aromatic nitrogens is 2. The van der Waals surface area contributed by atoms with Gasteiger partial charge in [-0.05, 0) is 11.5 Å². The first-order chi connectivity index (χ1) is 7.25. The van der Waals surface area contributed by atoms with E-state index in [1.807, 2.05) is 24.4 Å². The highest BCUT2D eigenvalue weighted by Crippen LogP contribution is 2.16. The van der Waals surface area contributed by atoms with Crippen LogP contribution < -0.4 is 0 Å². The number of benzene rings is 1. The molecular formula is C13H16N2. The lowest BCUT2D eigenvalue weighted by molar-refractivity contribution is 0.626. The van der Waals surface area contributed by atoms with E-state index in [-0.39, 0.29) is 0 Å². The van der Waals surface area contributed by atoms with E-state index in [0.717, 1.165) is 17.9 Å². The lowest BCUT2D eigenvalue weighted by Gasteiger charge is -2.00. The first kappa shape index (κ1) is 9.97. The summed E-state index contributed by atoms with van der Waals surface area (Å²) in [6, 6.07) is 10.3. The minimum absolute atomic E-state index is 0.639. The van der Waals surface area contributed by atoms with Gasteiger partial charge in [-0.25, -0.2) is 4.98 Å². The van der Waals surface area contributed by atoms with E-state index in [4.69, 9.17) is 0 Å². The molecule has 1 aromatic heterocycles. The summed E-state index contributed by atoms with van der Waals surface area (Å²) in [6.07, 6.45) is 2.92. The van der Waals surface area contributed by atoms with Gasteiger partial charge in [0, 0.05) is 6.42 Å². The van der Waals surface area contributed by atoms with Crippen LogP contribution in [-0.2, 0) is 6.42 Å². The molecule has 0 saturated carbocycles. The van der Waals surface area contributed by atoms with Crippen molar-refractivity contribution in [1.29, 1.82) is 0 Å². The Balaban J connectivity index is 2.21. The molecule has 2 aromatic rings. The third kappa shape index (κ3) is 2.46. The highest BCUT2D eigenvalue weighted by molar-refractivity contribution is 5.57. The Bertz CT molecular complexity index is 415. The van der Waals surface area contributed by atoms with Gasteiger partial charge in [0.1, 0.15) is 5.82 Å². The fraction of sp³-hybridized carbons (Fsp3) is 0.308. The Morgan fingerprint density at radius 2 is 1.93 bits per heavy atom. The number of nitrogens with one attached hydrogen (secondary N) is 1. The molecule has 0 aliphatic rings. The first-order valence-corrected chi connectivity index (χ1v) is 5.35. The van der Waals surface area contributed by atoms with Crippen LogP contribution in [0.2, 0.25) is 0 Å². The van der Waals surface area contributed by atoms with Crippen LogP contribution in [0.4, 0.5) is 0 Å². The Morgan fingerprint density at radius 3 is 2.60 bits per heavy atom. The highest BCUT2D eigenvalue weighted by atomic mass is 14.9. The van der Waals surface area contributed by atoms with E-state index >= 15 is 0 Å². The number of nitrogens with zero attached hydrogens (tertiary/aromatic N) is 1. The summed E-state index contributed by atoms with van der Waals surface area (Å²) in [5.74, 6) is 1.71. The molecule has 0 unspecified atom stereocenters. The molecule has 2 rings (SSSR count). The number of aromatic amines is 1. The maximum absolute atomic E-state index is 4.38. The van der Waals surface area contributed by atoms with Gasteiger partial charge in [0.2, 0.25) is 0 Å². The predicted molar refractivity (Wildman–Crippen MR) is 62.6 cm³/mol. The smallest absolute Gasteiger partial charge is 0.106 e. The number of imidazole rings is 1. The monoisotopic (exact) mass is 200 g/mol. The molecule has 1 heterocycles. The molecule has 0 amide bonds. The van der Waals surface area contributed by atoms with Crippen molar-refractivity contribution in [3.63, 3.8) is 0 Å². The average Bonchev–Trinajstić information content (AvgIpc) is 2.67. The molecule has 1 N–H and O–H groups in total. The number of hydrogen-bond donors (Lipinski definition) is 1. The standard InChI is InChI=1S/C13H16N2/c1-10(2)8-13-14-9-12(15-13)11-6-4-3-5-7-11/h3-7,9-10H,8H2,1-2H3,(H,14,15). The summed E-state index contributed by atoms with van der Waals surface area (Å²) in [4.78, 5) is 7.73. The van der Waals surface area contributed by atoms with Crippen LogP contribution in [-0.4, -0.2) is 9.97 Å². The average molecular weight is 200 g/mol. The molecule has 78 valence electrons. The summed E-state index contributed by atoms with van der Waals surface area (Å²) in [7, 11) is 0. The van der Waals surface area contributed by atoms with Gasteiger partial charge in [-0.1, -0.05) is 44.2 Å². The van der Waals surface area contributed by atoms with E-state index < -0.39 is 0 Å². The minimum Gasteiger partial charge on any atom is -0.342 e. The summed E-state index contributed by atoms with van der Waals surface area (Å²) in [5.41, 5.74) is 2.30. The van der Waals surface area contributed by atoms with Crippen LogP contribution >= 0.6 is 0 Å². The summed E-state index contributed by atoms with van der Waals surface area (Å²) in [5, 5.41) is 0. The van der Waals surface area contributed by atoms with Gasteiger partial charge in [-0.15, -0.1) is 0 Å². The number of H-pyrrole nitrogens is 1. The normalized spacial score (nSPS) is 10.9. The second-order valence-corrected chi connectivity index (χ2v) is 4.21. The molecular weight excluding hydrogens is 184 g/mol. The summed E-state index contributed by atoms with van der Waals surface area (Å²) >= 11 is 0. The maximum atomic E-state index is 4.38. The van der Waals surface area contributed by atoms with Crippen molar-refractivity contribution >= 4 is 0 Å². The van der Waals surface area contributed by atoms with Crippen molar-refractivity contribution in [3.8, 4) is 11.3 Å². The maximum Gasteiger partial charge on any atom is 0.106 e. The molecule has 15 heavy (non-hydrogen) atoms. The Kier molecular flexibility index (Phi) is 2.86. The van der Waals surface area contributed by atoms with Crippen molar-refractivity contribution in [2.75, 3.05) is 0 Å². The van der Waals surface area contributed by atoms with Crippen LogP contribution in [0.15, 0.2) is 36.5 Å². The molecule has 0 aliphatic heterocycles. The predicted octanol–water partition coefficient (Wildman–Crippen LogP) is 3.28. The Morgan fingerprint density at radius 1 is 1.20 bits per heavy atom. The van der Waals surface area contributed by atoms with Gasteiger partial charge in [0.15, 0.2) is 0 Å². The molecule has 0 radical (unpaired) electrons. The number of hydrogen-bond acceptors (Lipinski definition) is 1. The zero-order valence-electron chi connectivity index (χ0n) is 9.20. The zero-order valence-corrected chi connectivity index (χ0v) is 9.20. The van der Waals surface area contributed by atoms with Crippen molar-refractivity contribution in [2.45, 2.75) is 20.3 Å². The van der Waals surface area contributed by atoms with E-state index in [1.54, 1.807) is 0 Å². The second kappa shape index (κ2) is 4.30. The quantitative estimate of drug-likeness (QED) is 0.809. The van der Waals surface area contributed by atoms with Gasteiger partial charge in [-0.3, -0.25) is 0 Å². The molecule has 0 spiro atoms. The molecule has 2 heteroatoms. The van der Waals surface area contributed by atoms with Crippen molar-refractivity contribution < 1.29 is 0 Å². The molecule has 0 saturated heterocycles. The van der Waals surface area contributed by atoms with Crippen molar-refractivity contribution in [3.05, 3.63) is 42.4 Å². The van der Waals surface area contributed by atoms with Gasteiger partial charge >= 0.3 is 0 Å². The first-order valence-electron chi connectivity index (χ1n) is 5.35. The van der Waals surface area contributed by atoms with Gasteiger partial charge in [0.05, 0.1) is 11.9 Å². The molecule has 0 bridgehead atoms. The van der Waals surface area contributed by atoms with Gasteiger partial charge in [0.25, 0.3) is 0 Å². The molecule has 0 aliphatic carbocycles. The fourth-order valence-electron chi connectivity index (χ4n) is 1.62. The van der Waals surface area contributed by atoms with Crippen LogP contribution in [0, 0.1) is 5.92 Å². The fourth-order valence-corrected chi connectivity index (χ4v) is 1.62. The SMILES string of the molecule is CC(C)Cc1ncc(-c2ccccc2)[nH]1. The third-order valence-corrected chi connectivity index (χ3v) is 2.31. The number of rotatable bonds is 3. The van der Waals surface area contributed by atoms with E-state index in [9.17, 15) is 0 Å². The molecule has 0 atom stereocenters. The van der Waals surface area contributed by atoms with Crippen molar-refractivity contribution in [2.24, 2.45) is 5.92 Å². The lowest BCUT2D eigenvalue weighted by Crippen LogP contribution is -1.95. The van der Waals surface area contributed by atoms with Crippen molar-refractivity contribution in [1.82, 2.24) is 9.97 Å². The largest absolute Gasteiger partial charge is 0.342 e. The third-order valence-electron chi connectivity index (χ3n) is 2.31. The van der Waals surface area contributed by atoms with E-state index in [2.05, 4.69) is 35.9 Å². The van der Waals surface area contributed by atoms with Crippen LogP contribution in [0.25, 0.3) is 11.3 Å². The Labute approximate surface area is 90.4 Å². The molecule has 1 aromatic carbocycles.